The highest BCUT2D eigenvalue weighted by Gasteiger charge is 2.71. The molecular formula is C17H43N5O6Si. The van der Waals surface area contributed by atoms with Gasteiger partial charge in [0.25, 0.3) is 0 Å². The molecule has 1 unspecified atom stereocenters. The SMILES string of the molecule is CCO[Si](OCC)(OCC)C(NOC)(NOC)C(C)(CCCNCCN)NOC. The predicted octanol–water partition coefficient (Wildman–Crippen LogP) is -0.189. The van der Waals surface area contributed by atoms with Gasteiger partial charge in [0.2, 0.25) is 5.29 Å². The van der Waals surface area contributed by atoms with Crippen LogP contribution in [0.15, 0.2) is 0 Å². The van der Waals surface area contributed by atoms with Crippen molar-refractivity contribution in [1.29, 1.82) is 0 Å². The van der Waals surface area contributed by atoms with Crippen LogP contribution in [0.1, 0.15) is 40.5 Å². The van der Waals surface area contributed by atoms with E-state index < -0.39 is 19.6 Å². The average molecular weight is 442 g/mol. The molecule has 0 aromatic carbocycles. The standard InChI is InChI=1S/C17H43N5O6Si/c1-8-26-29(27-9-2,28-10-3)17(21-24-6,22-25-7)16(4,20-23-5)12-11-14-19-15-13-18/h19-22H,8-15,18H2,1-7H3. The quantitative estimate of drug-likeness (QED) is 0.0746. The summed E-state index contributed by atoms with van der Waals surface area (Å²) in [6.07, 6.45) is 1.44. The molecule has 0 saturated carbocycles. The van der Waals surface area contributed by atoms with Crippen molar-refractivity contribution in [2.24, 2.45) is 5.73 Å². The molecule has 0 bridgehead atoms. The summed E-state index contributed by atoms with van der Waals surface area (Å²) in [7, 11) is 1.07. The van der Waals surface area contributed by atoms with E-state index in [1.54, 1.807) is 7.11 Å². The second-order valence-corrected chi connectivity index (χ2v) is 9.23. The number of nitrogens with one attached hydrogen (secondary N) is 4. The molecule has 0 aliphatic rings. The van der Waals surface area contributed by atoms with Crippen molar-refractivity contribution in [3.8, 4) is 0 Å². The number of rotatable bonds is 20. The molecule has 0 spiro atoms. The van der Waals surface area contributed by atoms with E-state index in [0.29, 0.717) is 32.8 Å². The molecule has 1 atom stereocenters. The van der Waals surface area contributed by atoms with Gasteiger partial charge in [0.1, 0.15) is 0 Å². The third-order valence-electron chi connectivity index (χ3n) is 4.48. The van der Waals surface area contributed by atoms with Gasteiger partial charge in [0.05, 0.1) is 26.9 Å². The minimum atomic E-state index is -3.52. The second-order valence-electron chi connectivity index (χ2n) is 6.50. The Morgan fingerprint density at radius 1 is 0.793 bits per heavy atom. The molecule has 0 aromatic rings. The van der Waals surface area contributed by atoms with E-state index in [9.17, 15) is 0 Å². The van der Waals surface area contributed by atoms with Crippen molar-refractivity contribution >= 4 is 8.80 Å². The van der Waals surface area contributed by atoms with Crippen LogP contribution < -0.4 is 27.5 Å². The normalized spacial score (nSPS) is 14.9. The maximum atomic E-state index is 6.20. The number of hydrogen-bond donors (Lipinski definition) is 5. The zero-order valence-corrected chi connectivity index (χ0v) is 20.2. The topological polar surface area (TPSA) is 130 Å². The molecule has 0 fully saturated rings. The average Bonchev–Trinajstić information content (AvgIpc) is 2.68. The van der Waals surface area contributed by atoms with Gasteiger partial charge in [-0.15, -0.1) is 0 Å². The Hall–Kier alpha value is -0.223. The molecule has 0 rings (SSSR count). The summed E-state index contributed by atoms with van der Waals surface area (Å²) in [5, 5.41) is 2.06. The summed E-state index contributed by atoms with van der Waals surface area (Å²) < 4.78 is 18.6. The summed E-state index contributed by atoms with van der Waals surface area (Å²) in [5.41, 5.74) is 13.9. The molecule has 0 aliphatic heterocycles. The lowest BCUT2D eigenvalue weighted by atomic mass is 9.92. The van der Waals surface area contributed by atoms with Gasteiger partial charge in [0.15, 0.2) is 0 Å². The van der Waals surface area contributed by atoms with Gasteiger partial charge in [0, 0.05) is 32.9 Å². The van der Waals surface area contributed by atoms with Gasteiger partial charge in [-0.1, -0.05) is 0 Å². The third kappa shape index (κ3) is 7.45. The van der Waals surface area contributed by atoms with Crippen LogP contribution in [-0.2, 0) is 27.8 Å². The molecule has 0 radical (unpaired) electrons. The summed E-state index contributed by atoms with van der Waals surface area (Å²) >= 11 is 0. The first-order valence-corrected chi connectivity index (χ1v) is 11.9. The highest BCUT2D eigenvalue weighted by molar-refractivity contribution is 6.64. The minimum Gasteiger partial charge on any atom is -0.372 e. The monoisotopic (exact) mass is 441 g/mol. The van der Waals surface area contributed by atoms with Crippen molar-refractivity contribution in [1.82, 2.24) is 21.8 Å². The maximum absolute atomic E-state index is 6.20. The molecule has 12 heteroatoms. The molecule has 0 saturated heterocycles. The molecule has 0 amide bonds. The summed E-state index contributed by atoms with van der Waals surface area (Å²) in [4.78, 5) is 16.2. The molecular weight excluding hydrogens is 398 g/mol. The third-order valence-corrected chi connectivity index (χ3v) is 8.16. The largest absolute Gasteiger partial charge is 0.544 e. The van der Waals surface area contributed by atoms with E-state index in [1.165, 1.54) is 14.2 Å². The van der Waals surface area contributed by atoms with E-state index in [0.717, 1.165) is 19.5 Å². The first kappa shape index (κ1) is 28.8. The predicted molar refractivity (Wildman–Crippen MR) is 113 cm³/mol. The lowest BCUT2D eigenvalue weighted by Gasteiger charge is -2.53. The van der Waals surface area contributed by atoms with Crippen LogP contribution in [0.4, 0.5) is 0 Å². The van der Waals surface area contributed by atoms with Crippen LogP contribution in [0.5, 0.6) is 0 Å². The number of hydroxylamine groups is 3. The zero-order chi connectivity index (χ0) is 22.2. The molecule has 11 nitrogen and oxygen atoms in total. The Morgan fingerprint density at radius 3 is 1.66 bits per heavy atom. The fourth-order valence-electron chi connectivity index (χ4n) is 3.37. The minimum absolute atomic E-state index is 0.381. The highest BCUT2D eigenvalue weighted by Crippen LogP contribution is 2.36. The number of nitrogens with two attached hydrogens (primary N) is 1. The van der Waals surface area contributed by atoms with Gasteiger partial charge >= 0.3 is 8.80 Å². The molecule has 0 aliphatic carbocycles. The van der Waals surface area contributed by atoms with Crippen LogP contribution >= 0.6 is 0 Å². The Bertz CT molecular complexity index is 389. The van der Waals surface area contributed by atoms with Gasteiger partial charge in [-0.3, -0.25) is 0 Å². The fourth-order valence-corrected chi connectivity index (χ4v) is 6.71. The lowest BCUT2D eigenvalue weighted by molar-refractivity contribution is -0.154. The highest BCUT2D eigenvalue weighted by atomic mass is 28.4. The Kier molecular flexibility index (Phi) is 15.4. The Labute approximate surface area is 176 Å². The summed E-state index contributed by atoms with van der Waals surface area (Å²) in [5.74, 6) is 0. The van der Waals surface area contributed by atoms with Gasteiger partial charge in [-0.2, -0.15) is 16.4 Å². The second kappa shape index (κ2) is 15.6. The van der Waals surface area contributed by atoms with E-state index in [2.05, 4.69) is 21.8 Å². The smallest absolute Gasteiger partial charge is 0.372 e. The van der Waals surface area contributed by atoms with Gasteiger partial charge < -0.3 is 38.8 Å². The van der Waals surface area contributed by atoms with Crippen LogP contribution in [0.3, 0.4) is 0 Å². The van der Waals surface area contributed by atoms with Crippen LogP contribution in [0.2, 0.25) is 0 Å². The summed E-state index contributed by atoms with van der Waals surface area (Å²) in [6.45, 7) is 10.9. The summed E-state index contributed by atoms with van der Waals surface area (Å²) in [6, 6.07) is 0. The van der Waals surface area contributed by atoms with Crippen LogP contribution in [0, 0.1) is 0 Å². The van der Waals surface area contributed by atoms with Crippen molar-refractivity contribution in [2.75, 3.05) is 60.8 Å². The van der Waals surface area contributed by atoms with Gasteiger partial charge in [-0.05, 0) is 47.1 Å². The molecule has 0 heterocycles. The van der Waals surface area contributed by atoms with E-state index in [-0.39, 0.29) is 0 Å². The first-order valence-electron chi connectivity index (χ1n) is 10.2. The Morgan fingerprint density at radius 2 is 1.28 bits per heavy atom. The molecule has 176 valence electrons. The first-order chi connectivity index (χ1) is 13.9. The number of hydrogen-bond acceptors (Lipinski definition) is 11. The van der Waals surface area contributed by atoms with Gasteiger partial charge in [-0.25, -0.2) is 0 Å². The maximum Gasteiger partial charge on any atom is 0.544 e. The van der Waals surface area contributed by atoms with Crippen molar-refractivity contribution in [2.45, 2.75) is 51.4 Å². The van der Waals surface area contributed by atoms with Crippen LogP contribution in [-0.4, -0.2) is 80.4 Å². The van der Waals surface area contributed by atoms with Crippen molar-refractivity contribution in [3.05, 3.63) is 0 Å². The molecule has 29 heavy (non-hydrogen) atoms. The van der Waals surface area contributed by atoms with E-state index in [1.807, 2.05) is 27.7 Å². The van der Waals surface area contributed by atoms with Crippen LogP contribution in [0.25, 0.3) is 0 Å². The molecule has 0 aromatic heterocycles. The van der Waals surface area contributed by atoms with E-state index in [4.69, 9.17) is 33.5 Å². The van der Waals surface area contributed by atoms with Crippen molar-refractivity contribution < 1.29 is 27.8 Å². The zero-order valence-electron chi connectivity index (χ0n) is 19.2. The lowest BCUT2D eigenvalue weighted by Crippen LogP contribution is -2.87. The fraction of sp³-hybridized carbons (Fsp3) is 1.00. The van der Waals surface area contributed by atoms with E-state index >= 15 is 0 Å². The molecule has 6 N–H and O–H groups in total. The Balaban J connectivity index is 6.28. The van der Waals surface area contributed by atoms with Crippen molar-refractivity contribution in [3.63, 3.8) is 0 Å².